The predicted molar refractivity (Wildman–Crippen MR) is 119 cm³/mol. The van der Waals surface area contributed by atoms with E-state index in [1.54, 1.807) is 56.4 Å². The lowest BCUT2D eigenvalue weighted by Gasteiger charge is -2.17. The fourth-order valence-electron chi connectivity index (χ4n) is 3.41. The van der Waals surface area contributed by atoms with Gasteiger partial charge in [-0.3, -0.25) is 29.1 Å². The Morgan fingerprint density at radius 1 is 0.812 bits per heavy atom. The van der Waals surface area contributed by atoms with Gasteiger partial charge in [0, 0.05) is 35.4 Å². The third kappa shape index (κ3) is 3.98. The molecule has 0 spiro atoms. The van der Waals surface area contributed by atoms with E-state index in [0.29, 0.717) is 22.5 Å². The number of imide groups is 1. The topological polar surface area (TPSA) is 108 Å². The molecular formula is C24H20N4O4. The van der Waals surface area contributed by atoms with Gasteiger partial charge in [-0.05, 0) is 68.4 Å². The number of fused-ring (bicyclic) bond motifs is 1. The molecule has 0 unspecified atom stereocenters. The summed E-state index contributed by atoms with van der Waals surface area (Å²) in [5.74, 6) is -1.45. The molecule has 0 aliphatic carbocycles. The van der Waals surface area contributed by atoms with Gasteiger partial charge in [-0.25, -0.2) is 0 Å². The van der Waals surface area contributed by atoms with Gasteiger partial charge in [-0.15, -0.1) is 0 Å². The Bertz CT molecular complexity index is 1220. The molecule has 0 saturated carbocycles. The third-order valence-corrected chi connectivity index (χ3v) is 5.02. The van der Waals surface area contributed by atoms with Crippen LogP contribution >= 0.6 is 0 Å². The molecule has 32 heavy (non-hydrogen) atoms. The van der Waals surface area contributed by atoms with Crippen LogP contribution in [0.3, 0.4) is 0 Å². The summed E-state index contributed by atoms with van der Waals surface area (Å²) in [5, 5.41) is 5.51. The standard InChI is InChI=1S/C24H20N4O4/c1-14(2)28-23(31)19-10-5-15(12-20(19)24(28)32)21(29)26-17-6-8-18(9-7-17)27-22(30)16-4-3-11-25-13-16/h3-14H,1-2H3,(H,26,29)(H,27,30). The number of aromatic nitrogens is 1. The van der Waals surface area contributed by atoms with Crippen LogP contribution in [0.4, 0.5) is 11.4 Å². The molecule has 0 atom stereocenters. The number of anilines is 2. The summed E-state index contributed by atoms with van der Waals surface area (Å²) in [5.41, 5.74) is 2.31. The Morgan fingerprint density at radius 3 is 1.97 bits per heavy atom. The molecule has 0 radical (unpaired) electrons. The van der Waals surface area contributed by atoms with Gasteiger partial charge in [0.1, 0.15) is 0 Å². The van der Waals surface area contributed by atoms with Crippen molar-refractivity contribution in [3.05, 3.63) is 89.2 Å². The van der Waals surface area contributed by atoms with Crippen molar-refractivity contribution in [2.75, 3.05) is 10.6 Å². The third-order valence-electron chi connectivity index (χ3n) is 5.02. The van der Waals surface area contributed by atoms with E-state index in [0.717, 1.165) is 0 Å². The molecule has 2 aromatic carbocycles. The predicted octanol–water partition coefficient (Wildman–Crippen LogP) is 3.59. The second kappa shape index (κ2) is 8.43. The first-order valence-electron chi connectivity index (χ1n) is 10.00. The molecule has 8 nitrogen and oxygen atoms in total. The fraction of sp³-hybridized carbons (Fsp3) is 0.125. The highest BCUT2D eigenvalue weighted by atomic mass is 16.2. The maximum Gasteiger partial charge on any atom is 0.261 e. The Balaban J connectivity index is 1.44. The lowest BCUT2D eigenvalue weighted by atomic mass is 10.1. The Labute approximate surface area is 184 Å². The number of benzene rings is 2. The maximum atomic E-state index is 12.7. The molecule has 2 heterocycles. The molecular weight excluding hydrogens is 408 g/mol. The first-order valence-corrected chi connectivity index (χ1v) is 10.00. The van der Waals surface area contributed by atoms with Crippen LogP contribution in [-0.4, -0.2) is 39.6 Å². The van der Waals surface area contributed by atoms with Gasteiger partial charge in [0.2, 0.25) is 0 Å². The zero-order valence-corrected chi connectivity index (χ0v) is 17.5. The number of pyridine rings is 1. The van der Waals surface area contributed by atoms with Crippen LogP contribution in [-0.2, 0) is 0 Å². The highest BCUT2D eigenvalue weighted by Gasteiger charge is 2.37. The van der Waals surface area contributed by atoms with E-state index in [9.17, 15) is 19.2 Å². The van der Waals surface area contributed by atoms with Crippen LogP contribution in [0.15, 0.2) is 67.0 Å². The van der Waals surface area contributed by atoms with Crippen molar-refractivity contribution in [3.8, 4) is 0 Å². The molecule has 3 aromatic rings. The van der Waals surface area contributed by atoms with Crippen LogP contribution in [0, 0.1) is 0 Å². The molecule has 1 aliphatic rings. The number of rotatable bonds is 5. The normalized spacial score (nSPS) is 12.7. The van der Waals surface area contributed by atoms with Gasteiger partial charge >= 0.3 is 0 Å². The van der Waals surface area contributed by atoms with E-state index < -0.39 is 11.8 Å². The molecule has 1 aromatic heterocycles. The Hall–Kier alpha value is -4.33. The molecule has 1 aliphatic heterocycles. The second-order valence-electron chi connectivity index (χ2n) is 7.56. The maximum absolute atomic E-state index is 12.7. The molecule has 0 bridgehead atoms. The Kier molecular flexibility index (Phi) is 5.51. The number of hydrogen-bond donors (Lipinski definition) is 2. The summed E-state index contributed by atoms with van der Waals surface area (Å²) in [4.78, 5) is 54.9. The molecule has 8 heteroatoms. The number of hydrogen-bond acceptors (Lipinski definition) is 5. The van der Waals surface area contributed by atoms with Crippen molar-refractivity contribution >= 4 is 35.0 Å². The smallest absolute Gasteiger partial charge is 0.261 e. The van der Waals surface area contributed by atoms with Crippen molar-refractivity contribution in [1.29, 1.82) is 0 Å². The minimum absolute atomic E-state index is 0.227. The van der Waals surface area contributed by atoms with Gasteiger partial charge in [0.05, 0.1) is 16.7 Å². The molecule has 160 valence electrons. The van der Waals surface area contributed by atoms with Crippen LogP contribution in [0.2, 0.25) is 0 Å². The van der Waals surface area contributed by atoms with Crippen molar-refractivity contribution < 1.29 is 19.2 Å². The first kappa shape index (κ1) is 20.9. The van der Waals surface area contributed by atoms with Crippen molar-refractivity contribution in [2.24, 2.45) is 0 Å². The summed E-state index contributed by atoms with van der Waals surface area (Å²) in [6, 6.07) is 14.2. The van der Waals surface area contributed by atoms with E-state index >= 15 is 0 Å². The van der Waals surface area contributed by atoms with E-state index in [2.05, 4.69) is 15.6 Å². The van der Waals surface area contributed by atoms with E-state index in [1.165, 1.54) is 29.3 Å². The highest BCUT2D eigenvalue weighted by Crippen LogP contribution is 2.26. The van der Waals surface area contributed by atoms with Gasteiger partial charge in [-0.1, -0.05) is 0 Å². The molecule has 4 amide bonds. The van der Waals surface area contributed by atoms with E-state index in [4.69, 9.17) is 0 Å². The average Bonchev–Trinajstić information content (AvgIpc) is 3.05. The van der Waals surface area contributed by atoms with Crippen LogP contribution in [0.1, 0.15) is 55.3 Å². The lowest BCUT2D eigenvalue weighted by Crippen LogP contribution is -2.35. The van der Waals surface area contributed by atoms with Gasteiger partial charge in [0.25, 0.3) is 23.6 Å². The summed E-state index contributed by atoms with van der Waals surface area (Å²) < 4.78 is 0. The first-order chi connectivity index (χ1) is 15.3. The average molecular weight is 428 g/mol. The van der Waals surface area contributed by atoms with Crippen molar-refractivity contribution in [2.45, 2.75) is 19.9 Å². The lowest BCUT2D eigenvalue weighted by molar-refractivity contribution is 0.0608. The minimum Gasteiger partial charge on any atom is -0.322 e. The monoisotopic (exact) mass is 428 g/mol. The summed E-state index contributed by atoms with van der Waals surface area (Å²) in [6.45, 7) is 3.52. The number of carbonyl (C=O) groups excluding carboxylic acids is 4. The number of carbonyl (C=O) groups is 4. The number of nitrogens with one attached hydrogen (secondary N) is 2. The zero-order valence-electron chi connectivity index (χ0n) is 17.5. The van der Waals surface area contributed by atoms with Crippen LogP contribution in [0.25, 0.3) is 0 Å². The quantitative estimate of drug-likeness (QED) is 0.604. The van der Waals surface area contributed by atoms with Crippen LogP contribution < -0.4 is 10.6 Å². The van der Waals surface area contributed by atoms with Gasteiger partial charge in [0.15, 0.2) is 0 Å². The molecule has 2 N–H and O–H groups in total. The van der Waals surface area contributed by atoms with E-state index in [-0.39, 0.29) is 29.0 Å². The summed E-state index contributed by atoms with van der Waals surface area (Å²) >= 11 is 0. The number of nitrogens with zero attached hydrogens (tertiary/aromatic N) is 2. The summed E-state index contributed by atoms with van der Waals surface area (Å²) in [6.07, 6.45) is 3.06. The van der Waals surface area contributed by atoms with E-state index in [1.807, 2.05) is 0 Å². The number of amides is 4. The SMILES string of the molecule is CC(C)N1C(=O)c2ccc(C(=O)Nc3ccc(NC(=O)c4cccnc4)cc3)cc2C1=O. The largest absolute Gasteiger partial charge is 0.322 e. The molecule has 4 rings (SSSR count). The summed E-state index contributed by atoms with van der Waals surface area (Å²) in [7, 11) is 0. The highest BCUT2D eigenvalue weighted by molar-refractivity contribution is 6.22. The van der Waals surface area contributed by atoms with Crippen LogP contribution in [0.5, 0.6) is 0 Å². The van der Waals surface area contributed by atoms with Gasteiger partial charge < -0.3 is 10.6 Å². The van der Waals surface area contributed by atoms with Crippen molar-refractivity contribution in [3.63, 3.8) is 0 Å². The van der Waals surface area contributed by atoms with Gasteiger partial charge in [-0.2, -0.15) is 0 Å². The minimum atomic E-state index is -0.414. The van der Waals surface area contributed by atoms with Crippen molar-refractivity contribution in [1.82, 2.24) is 9.88 Å². The Morgan fingerprint density at radius 2 is 1.41 bits per heavy atom. The second-order valence-corrected chi connectivity index (χ2v) is 7.56. The molecule has 0 saturated heterocycles. The fourth-order valence-corrected chi connectivity index (χ4v) is 3.41. The molecule has 0 fully saturated rings. The zero-order chi connectivity index (χ0) is 22.8.